The van der Waals surface area contributed by atoms with Gasteiger partial charge in [-0.25, -0.2) is 40.0 Å². The van der Waals surface area contributed by atoms with E-state index in [1.165, 1.54) is 56.0 Å². The summed E-state index contributed by atoms with van der Waals surface area (Å²) in [6, 6.07) is 39.5. The van der Waals surface area contributed by atoms with Crippen LogP contribution in [0.4, 0.5) is 13.2 Å². The van der Waals surface area contributed by atoms with Crippen LogP contribution in [0.15, 0.2) is 177 Å². The molecule has 0 spiro atoms. The number of ether oxygens (including phenoxy) is 4. The molecule has 1 amide bonds. The van der Waals surface area contributed by atoms with Crippen molar-refractivity contribution in [2.24, 2.45) is 0 Å². The number of carbonyl (C=O) groups excluding carboxylic acids is 1. The van der Waals surface area contributed by atoms with E-state index in [4.69, 9.17) is 18.9 Å². The average Bonchev–Trinajstić information content (AvgIpc) is 1.58. The maximum Gasteiger partial charge on any atom is 0.316 e. The van der Waals surface area contributed by atoms with Crippen LogP contribution in [0.2, 0.25) is 0 Å². The molecule has 7 aromatic carbocycles. The van der Waals surface area contributed by atoms with Crippen molar-refractivity contribution < 1.29 is 53.7 Å². The second-order valence-electron chi connectivity index (χ2n) is 29.4. The molecule has 15 aromatic rings. The van der Waals surface area contributed by atoms with Crippen LogP contribution < -0.4 is 10.1 Å². The quantitative estimate of drug-likeness (QED) is 0.0409. The molecule has 4 N–H and O–H groups in total. The largest absolute Gasteiger partial charge is 0.467 e. The molecule has 0 saturated heterocycles. The highest BCUT2D eigenvalue weighted by Crippen LogP contribution is 2.48. The molecule has 15 rings (SSSR count). The number of rotatable bonds is 24. The van der Waals surface area contributed by atoms with Crippen molar-refractivity contribution in [1.29, 1.82) is 0 Å². The lowest BCUT2D eigenvalue weighted by Crippen LogP contribution is -2.27. The summed E-state index contributed by atoms with van der Waals surface area (Å²) in [6.45, 7) is 14.6. The molecule has 0 unspecified atom stereocenters. The fraction of sp³-hybridized carbons (Fsp3) is 0.280. The Morgan fingerprint density at radius 1 is 0.473 bits per heavy atom. The molecular formula is C82H85F3N14O9S2. The summed E-state index contributed by atoms with van der Waals surface area (Å²) in [5, 5.41) is 34.9. The van der Waals surface area contributed by atoms with Crippen LogP contribution in [-0.4, -0.2) is 166 Å². The average molecular weight is 1530 g/mol. The minimum absolute atomic E-state index is 0.00223. The molecule has 0 atom stereocenters. The maximum atomic E-state index is 14.0. The zero-order valence-electron chi connectivity index (χ0n) is 63.0. The van der Waals surface area contributed by atoms with Gasteiger partial charge >= 0.3 is 6.01 Å². The van der Waals surface area contributed by atoms with Crippen molar-refractivity contribution in [2.75, 3.05) is 78.8 Å². The van der Waals surface area contributed by atoms with Gasteiger partial charge in [-0.2, -0.15) is 20.4 Å². The zero-order chi connectivity index (χ0) is 78.2. The molecule has 8 aromatic heterocycles. The number of aromatic amines is 3. The number of hydrogen-bond donors (Lipinski definition) is 4. The van der Waals surface area contributed by atoms with Crippen molar-refractivity contribution in [3.8, 4) is 56.5 Å². The highest BCUT2D eigenvalue weighted by Gasteiger charge is 2.36. The van der Waals surface area contributed by atoms with Crippen LogP contribution >= 0.6 is 0 Å². The van der Waals surface area contributed by atoms with Gasteiger partial charge in [-0.15, -0.1) is 0 Å². The van der Waals surface area contributed by atoms with Crippen molar-refractivity contribution in [3.63, 3.8) is 0 Å². The smallest absolute Gasteiger partial charge is 0.316 e. The number of carbonyl (C=O) groups is 1. The van der Waals surface area contributed by atoms with E-state index >= 15 is 0 Å². The van der Waals surface area contributed by atoms with E-state index in [0.29, 0.717) is 37.8 Å². The first-order valence-electron chi connectivity index (χ1n) is 35.4. The summed E-state index contributed by atoms with van der Waals surface area (Å²) in [5.41, 5.74) is 15.7. The van der Waals surface area contributed by atoms with E-state index in [1.54, 1.807) is 112 Å². The lowest BCUT2D eigenvalue weighted by Gasteiger charge is -2.28. The summed E-state index contributed by atoms with van der Waals surface area (Å²) in [5.74, 6) is -1.15. The molecule has 110 heavy (non-hydrogen) atoms. The third-order valence-corrected chi connectivity index (χ3v) is 21.4. The molecule has 0 bridgehead atoms. The van der Waals surface area contributed by atoms with Gasteiger partial charge < -0.3 is 38.0 Å². The highest BCUT2D eigenvalue weighted by molar-refractivity contribution is 7.90. The number of aryl methyl sites for hydroxylation is 1. The molecule has 23 nitrogen and oxygen atoms in total. The number of halogens is 3. The van der Waals surface area contributed by atoms with Gasteiger partial charge in [0.2, 0.25) is 0 Å². The molecule has 0 aliphatic heterocycles. The molecule has 570 valence electrons. The Labute approximate surface area is 633 Å². The Hall–Kier alpha value is -11.3. The van der Waals surface area contributed by atoms with Gasteiger partial charge in [-0.05, 0) is 133 Å². The predicted molar refractivity (Wildman–Crippen MR) is 424 cm³/mol. The van der Waals surface area contributed by atoms with Crippen molar-refractivity contribution >= 4 is 91.0 Å². The number of fused-ring (bicyclic) bond motifs is 6. The Bertz CT molecular complexity index is 6100. The lowest BCUT2D eigenvalue weighted by atomic mass is 9.84. The van der Waals surface area contributed by atoms with Crippen molar-refractivity contribution in [3.05, 3.63) is 217 Å². The van der Waals surface area contributed by atoms with Crippen molar-refractivity contribution in [2.45, 2.75) is 70.8 Å². The second-order valence-corrected chi connectivity index (χ2v) is 34.0. The van der Waals surface area contributed by atoms with E-state index in [1.807, 2.05) is 18.3 Å². The van der Waals surface area contributed by atoms with E-state index < -0.39 is 35.9 Å². The standard InChI is InChI=1S/C31H33FN4O4S.C26H28FN5O3S.C25H24FN5O2/c1-31(2,19-40-3)29-28(20-6-8-21(9-7-20)30(37)33-14-5-15-41(4,38)39)25-17-26-22(18-34-35-26)16-27(25)36(29)24-12-10-23(32)11-13-24;1-26(2,16-35-3)25-24(18-14-29-31(15-18)9-10-36(4,33)34)21-12-22-17(13-28-30-22)11-23(21)32(25)20-7-5-19(27)6-8-20;1-25(2,14-32-3)23-22(16-11-27-24(33-4)28-12-16)19-10-20-15(13-29-30-20)9-21(19)31(23)18-7-5-17(26)6-8-18/h6-13,16-18H,5,14-15,19H2,1-4H3,(H,33,37)(H,34,35);5-8,11-15H,9-10,16H2,1-4H3,(H,28,30);5-13H,14H2,1-4H3,(H,29,30). The molecule has 28 heteroatoms. The molecule has 0 aliphatic carbocycles. The summed E-state index contributed by atoms with van der Waals surface area (Å²) in [7, 11) is 0.367. The Kier molecular flexibility index (Phi) is 21.7. The first-order chi connectivity index (χ1) is 52.5. The van der Waals surface area contributed by atoms with Gasteiger partial charge in [0, 0.05) is 175 Å². The third kappa shape index (κ3) is 15.9. The van der Waals surface area contributed by atoms with Crippen LogP contribution in [0.5, 0.6) is 6.01 Å². The normalized spacial score (nSPS) is 12.4. The van der Waals surface area contributed by atoms with Gasteiger partial charge in [0.05, 0.1) is 103 Å². The van der Waals surface area contributed by atoms with Crippen LogP contribution in [0.25, 0.3) is 116 Å². The summed E-state index contributed by atoms with van der Waals surface area (Å²) < 4.78 is 118. The Morgan fingerprint density at radius 3 is 1.21 bits per heavy atom. The first kappa shape index (κ1) is 76.9. The summed E-state index contributed by atoms with van der Waals surface area (Å²) >= 11 is 0. The molecule has 0 fully saturated rings. The van der Waals surface area contributed by atoms with Crippen LogP contribution in [0.3, 0.4) is 0 Å². The number of aromatic nitrogens is 13. The van der Waals surface area contributed by atoms with Crippen LogP contribution in [0, 0.1) is 17.5 Å². The van der Waals surface area contributed by atoms with E-state index in [0.717, 1.165) is 133 Å². The fourth-order valence-corrected chi connectivity index (χ4v) is 15.9. The SMILES string of the molecule is COCC(C)(C)c1c(-c2ccc(C(=O)NCCCS(C)(=O)=O)cc2)c2cc3[nH]ncc3cc2n1-c1ccc(F)cc1.COCC(C)(C)c1c(-c2cnc(OC)nc2)c2cc3[nH]ncc3cc2n1-c1ccc(F)cc1.COCC(C)(C)c1c(-c2cnn(CCS(C)(=O)=O)c2)c2cc3[nH]ncc3cc2n1-c1ccc(F)cc1. The lowest BCUT2D eigenvalue weighted by molar-refractivity contribution is 0.0953. The predicted octanol–water partition coefficient (Wildman–Crippen LogP) is 14.9. The highest BCUT2D eigenvalue weighted by atomic mass is 32.2. The van der Waals surface area contributed by atoms with Gasteiger partial charge in [-0.1, -0.05) is 53.7 Å². The first-order valence-corrected chi connectivity index (χ1v) is 39.5. The molecule has 0 saturated carbocycles. The number of benzene rings is 7. The number of methoxy groups -OCH3 is 4. The van der Waals surface area contributed by atoms with Gasteiger partial charge in [-0.3, -0.25) is 24.8 Å². The summed E-state index contributed by atoms with van der Waals surface area (Å²) in [4.78, 5) is 21.5. The number of nitrogens with one attached hydrogen (secondary N) is 4. The second kappa shape index (κ2) is 31.0. The number of nitrogens with zero attached hydrogens (tertiary/aromatic N) is 10. The van der Waals surface area contributed by atoms with E-state index in [9.17, 15) is 34.8 Å². The minimum atomic E-state index is -3.13. The van der Waals surface area contributed by atoms with Gasteiger partial charge in [0.1, 0.15) is 37.1 Å². The fourth-order valence-electron chi connectivity index (χ4n) is 14.7. The number of hydrogen-bond acceptors (Lipinski definition) is 15. The number of sulfone groups is 2. The Balaban J connectivity index is 0.000000146. The molecular weight excluding hydrogens is 1450 g/mol. The van der Waals surface area contributed by atoms with Crippen molar-refractivity contribution in [1.82, 2.24) is 69.4 Å². The molecule has 0 radical (unpaired) electrons. The summed E-state index contributed by atoms with van der Waals surface area (Å²) in [6.07, 6.45) is 15.3. The topological polar surface area (TPSA) is 279 Å². The van der Waals surface area contributed by atoms with E-state index in [2.05, 4.69) is 143 Å². The zero-order valence-corrected chi connectivity index (χ0v) is 64.6. The third-order valence-electron chi connectivity index (χ3n) is 19.4. The molecule has 0 aliphatic rings. The number of H-pyrrole nitrogens is 3. The Morgan fingerprint density at radius 2 is 0.845 bits per heavy atom. The van der Waals surface area contributed by atoms with E-state index in [-0.39, 0.29) is 48.0 Å². The van der Waals surface area contributed by atoms with Gasteiger partial charge in [0.25, 0.3) is 5.91 Å². The van der Waals surface area contributed by atoms with Crippen LogP contribution in [0.1, 0.15) is 75.4 Å². The van der Waals surface area contributed by atoms with Crippen LogP contribution in [-0.2, 0) is 56.7 Å². The molecule has 8 heterocycles. The minimum Gasteiger partial charge on any atom is -0.467 e. The van der Waals surface area contributed by atoms with Gasteiger partial charge in [0.15, 0.2) is 0 Å². The number of amides is 1. The maximum absolute atomic E-state index is 14.0. The monoisotopic (exact) mass is 1530 g/mol.